The van der Waals surface area contributed by atoms with E-state index in [0.717, 1.165) is 11.8 Å². The Hall–Kier alpha value is -1.01. The van der Waals surface area contributed by atoms with Gasteiger partial charge in [0, 0.05) is 12.7 Å². The Balaban J connectivity index is 2.68. The van der Waals surface area contributed by atoms with E-state index < -0.39 is 11.5 Å². The smallest absolute Gasteiger partial charge is 0.344 e. The van der Waals surface area contributed by atoms with Crippen LogP contribution in [0.1, 0.15) is 6.92 Å². The first kappa shape index (κ1) is 11.1. The zero-order valence-electron chi connectivity index (χ0n) is 7.90. The van der Waals surface area contributed by atoms with Crippen LogP contribution < -0.4 is 5.32 Å². The molecule has 5 nitrogen and oxygen atoms in total. The molecule has 1 aliphatic rings. The van der Waals surface area contributed by atoms with E-state index in [1.54, 1.807) is 0 Å². The van der Waals surface area contributed by atoms with E-state index in [1.807, 2.05) is 6.92 Å². The summed E-state index contributed by atoms with van der Waals surface area (Å²) in [7, 11) is 1.27. The van der Waals surface area contributed by atoms with Crippen LogP contribution >= 0.6 is 11.8 Å². The van der Waals surface area contributed by atoms with Gasteiger partial charge in [-0.05, 0) is 6.92 Å². The van der Waals surface area contributed by atoms with Crippen molar-refractivity contribution in [2.75, 3.05) is 13.7 Å². The highest BCUT2D eigenvalue weighted by atomic mass is 32.2. The van der Waals surface area contributed by atoms with Crippen molar-refractivity contribution in [2.45, 2.75) is 12.5 Å². The van der Waals surface area contributed by atoms with Crippen molar-refractivity contribution in [3.05, 3.63) is 11.0 Å². The molecule has 0 spiro atoms. The first-order valence-corrected chi connectivity index (χ1v) is 4.94. The predicted octanol–water partition coefficient (Wildman–Crippen LogP) is 0.226. The Kier molecular flexibility index (Phi) is 3.97. The first-order chi connectivity index (χ1) is 6.67. The van der Waals surface area contributed by atoms with Crippen molar-refractivity contribution < 1.29 is 19.1 Å². The second-order valence-electron chi connectivity index (χ2n) is 2.41. The molecule has 1 N–H and O–H groups in total. The van der Waals surface area contributed by atoms with Crippen molar-refractivity contribution >= 4 is 23.6 Å². The van der Waals surface area contributed by atoms with Gasteiger partial charge in [-0.2, -0.15) is 0 Å². The lowest BCUT2D eigenvalue weighted by Gasteiger charge is -2.21. The Morgan fingerprint density at radius 1 is 1.71 bits per heavy atom. The zero-order chi connectivity index (χ0) is 10.6. The average Bonchev–Trinajstić information content (AvgIpc) is 2.16. The number of esters is 1. The third-order valence-electron chi connectivity index (χ3n) is 1.46. The van der Waals surface area contributed by atoms with Crippen LogP contribution in [0.3, 0.4) is 0 Å². The number of ether oxygens (including phenoxy) is 2. The summed E-state index contributed by atoms with van der Waals surface area (Å²) in [4.78, 5) is 22.5. The standard InChI is InChI=1S/C8H11NO4S/c1-3-13-8-9-6(10)4-5(14-8)7(11)12-2/h4,8H,3H2,1-2H3,(H,9,10). The number of carbonyl (C=O) groups excluding carboxylic acids is 2. The molecule has 1 aliphatic heterocycles. The predicted molar refractivity (Wildman–Crippen MR) is 51.2 cm³/mol. The lowest BCUT2D eigenvalue weighted by molar-refractivity contribution is -0.135. The fraction of sp³-hybridized carbons (Fsp3) is 0.500. The van der Waals surface area contributed by atoms with Crippen LogP contribution in [0.5, 0.6) is 0 Å². The van der Waals surface area contributed by atoms with E-state index in [2.05, 4.69) is 10.1 Å². The highest BCUT2D eigenvalue weighted by Gasteiger charge is 2.24. The van der Waals surface area contributed by atoms with Gasteiger partial charge < -0.3 is 14.8 Å². The number of hydrogen-bond acceptors (Lipinski definition) is 5. The van der Waals surface area contributed by atoms with Crippen molar-refractivity contribution in [1.29, 1.82) is 0 Å². The number of carbonyl (C=O) groups is 2. The molecular formula is C8H11NO4S. The number of amides is 1. The Morgan fingerprint density at radius 2 is 2.43 bits per heavy atom. The maximum atomic E-state index is 11.1. The highest BCUT2D eigenvalue weighted by molar-refractivity contribution is 8.04. The summed E-state index contributed by atoms with van der Waals surface area (Å²) in [5.74, 6) is -0.864. The molecule has 0 bridgehead atoms. The summed E-state index contributed by atoms with van der Waals surface area (Å²) < 4.78 is 9.66. The van der Waals surface area contributed by atoms with Gasteiger partial charge in [-0.1, -0.05) is 11.8 Å². The van der Waals surface area contributed by atoms with Crippen LogP contribution in [-0.4, -0.2) is 31.2 Å². The average molecular weight is 217 g/mol. The van der Waals surface area contributed by atoms with Crippen molar-refractivity contribution in [2.24, 2.45) is 0 Å². The molecule has 14 heavy (non-hydrogen) atoms. The summed E-state index contributed by atoms with van der Waals surface area (Å²) in [5, 5.41) is 2.54. The molecule has 0 aromatic rings. The van der Waals surface area contributed by atoms with E-state index in [9.17, 15) is 9.59 Å². The lowest BCUT2D eigenvalue weighted by atomic mass is 10.4. The second-order valence-corrected chi connectivity index (χ2v) is 3.52. The minimum absolute atomic E-state index is 0.259. The molecule has 0 saturated heterocycles. The molecular weight excluding hydrogens is 206 g/mol. The third-order valence-corrected chi connectivity index (χ3v) is 2.47. The van der Waals surface area contributed by atoms with Gasteiger partial charge in [0.15, 0.2) is 5.56 Å². The largest absolute Gasteiger partial charge is 0.465 e. The Morgan fingerprint density at radius 3 is 3.00 bits per heavy atom. The normalized spacial score (nSPS) is 21.1. The van der Waals surface area contributed by atoms with Crippen LogP contribution in [0.4, 0.5) is 0 Å². The number of hydrogen-bond donors (Lipinski definition) is 1. The minimum Gasteiger partial charge on any atom is -0.465 e. The molecule has 1 rings (SSSR count). The number of methoxy groups -OCH3 is 1. The van der Waals surface area contributed by atoms with Crippen molar-refractivity contribution in [1.82, 2.24) is 5.32 Å². The zero-order valence-corrected chi connectivity index (χ0v) is 8.72. The van der Waals surface area contributed by atoms with E-state index in [4.69, 9.17) is 4.74 Å². The van der Waals surface area contributed by atoms with E-state index in [0.29, 0.717) is 6.61 Å². The SMILES string of the molecule is CCOC1NC(=O)C=C(C(=O)OC)S1. The molecule has 0 saturated carbocycles. The van der Waals surface area contributed by atoms with Crippen LogP contribution in [0.15, 0.2) is 11.0 Å². The molecule has 0 aromatic heterocycles. The van der Waals surface area contributed by atoms with Gasteiger partial charge in [0.25, 0.3) is 0 Å². The molecule has 0 fully saturated rings. The molecule has 0 radical (unpaired) electrons. The quantitative estimate of drug-likeness (QED) is 0.685. The Bertz CT molecular complexity index is 277. The lowest BCUT2D eigenvalue weighted by Crippen LogP contribution is -2.37. The molecule has 1 unspecified atom stereocenters. The van der Waals surface area contributed by atoms with E-state index in [1.165, 1.54) is 13.2 Å². The summed E-state index contributed by atoms with van der Waals surface area (Å²) in [6, 6.07) is 0. The number of rotatable bonds is 3. The van der Waals surface area contributed by atoms with Crippen LogP contribution in [0.2, 0.25) is 0 Å². The van der Waals surface area contributed by atoms with Gasteiger partial charge in [0.2, 0.25) is 5.91 Å². The summed E-state index contributed by atoms with van der Waals surface area (Å²) in [5.41, 5.74) is -0.508. The molecule has 78 valence electrons. The van der Waals surface area contributed by atoms with Gasteiger partial charge in [-0.15, -0.1) is 0 Å². The Labute approximate surface area is 85.8 Å². The first-order valence-electron chi connectivity index (χ1n) is 4.06. The molecule has 0 aromatic carbocycles. The maximum Gasteiger partial charge on any atom is 0.344 e. The molecule has 6 heteroatoms. The van der Waals surface area contributed by atoms with Gasteiger partial charge in [0.05, 0.1) is 7.11 Å². The molecule has 1 atom stereocenters. The summed E-state index contributed by atoms with van der Waals surface area (Å²) in [6.07, 6.45) is 1.20. The van der Waals surface area contributed by atoms with Gasteiger partial charge in [0.1, 0.15) is 4.91 Å². The number of nitrogens with one attached hydrogen (secondary N) is 1. The van der Waals surface area contributed by atoms with Gasteiger partial charge in [-0.3, -0.25) is 4.79 Å². The number of thioether (sulfide) groups is 1. The topological polar surface area (TPSA) is 64.6 Å². The fourth-order valence-corrected chi connectivity index (χ4v) is 1.85. The van der Waals surface area contributed by atoms with Gasteiger partial charge >= 0.3 is 5.97 Å². The van der Waals surface area contributed by atoms with Crippen LogP contribution in [0.25, 0.3) is 0 Å². The van der Waals surface area contributed by atoms with Gasteiger partial charge in [-0.25, -0.2) is 4.79 Å². The molecule has 1 amide bonds. The molecule has 0 aliphatic carbocycles. The molecule has 1 heterocycles. The summed E-state index contributed by atoms with van der Waals surface area (Å²) >= 11 is 1.12. The fourth-order valence-electron chi connectivity index (χ4n) is 0.890. The third kappa shape index (κ3) is 2.74. The second kappa shape index (κ2) is 5.02. The van der Waals surface area contributed by atoms with Crippen molar-refractivity contribution in [3.8, 4) is 0 Å². The van der Waals surface area contributed by atoms with Crippen LogP contribution in [-0.2, 0) is 19.1 Å². The monoisotopic (exact) mass is 217 g/mol. The van der Waals surface area contributed by atoms with E-state index in [-0.39, 0.29) is 10.8 Å². The maximum absolute atomic E-state index is 11.1. The minimum atomic E-state index is -0.519. The van der Waals surface area contributed by atoms with E-state index >= 15 is 0 Å². The van der Waals surface area contributed by atoms with Crippen molar-refractivity contribution in [3.63, 3.8) is 0 Å². The highest BCUT2D eigenvalue weighted by Crippen LogP contribution is 2.25. The van der Waals surface area contributed by atoms with Crippen LogP contribution in [0, 0.1) is 0 Å². The summed E-state index contributed by atoms with van der Waals surface area (Å²) in [6.45, 7) is 2.27.